The molecule has 7 heteroatoms. The molecule has 0 atom stereocenters. The second-order valence-corrected chi connectivity index (χ2v) is 9.39. The number of nitrogens with zero attached hydrogens (tertiary/aromatic N) is 2. The lowest BCUT2D eigenvalue weighted by Crippen LogP contribution is -2.15. The number of anilines is 1. The van der Waals surface area contributed by atoms with Crippen molar-refractivity contribution in [2.75, 3.05) is 18.2 Å². The number of amides is 1. The summed E-state index contributed by atoms with van der Waals surface area (Å²) in [5.74, 6) is 2.59. The number of carbonyl (C=O) groups is 1. The Morgan fingerprint density at radius 1 is 1.03 bits per heavy atom. The number of hydrogen-bond donors (Lipinski definition) is 1. The molecule has 1 aliphatic rings. The molecule has 2 heterocycles. The van der Waals surface area contributed by atoms with Gasteiger partial charge in [-0.3, -0.25) is 4.79 Å². The number of ether oxygens (including phenoxy) is 2. The van der Waals surface area contributed by atoms with Crippen molar-refractivity contribution in [2.24, 2.45) is 0 Å². The monoisotopic (exact) mass is 483 g/mol. The zero-order valence-electron chi connectivity index (χ0n) is 19.8. The van der Waals surface area contributed by atoms with Gasteiger partial charge < -0.3 is 14.8 Å². The van der Waals surface area contributed by atoms with Crippen molar-refractivity contribution in [3.8, 4) is 28.8 Å². The van der Waals surface area contributed by atoms with Gasteiger partial charge in [0.25, 0.3) is 0 Å². The number of methoxy groups -OCH3 is 1. The molecule has 0 aliphatic carbocycles. The first kappa shape index (κ1) is 22.9. The molecule has 1 aliphatic heterocycles. The summed E-state index contributed by atoms with van der Waals surface area (Å²) >= 11 is 1.38. The van der Waals surface area contributed by atoms with E-state index in [0.717, 1.165) is 33.0 Å². The van der Waals surface area contributed by atoms with Gasteiger partial charge in [-0.05, 0) is 37.6 Å². The molecule has 1 N–H and O–H groups in total. The minimum atomic E-state index is -0.142. The number of para-hydroxylation sites is 2. The Bertz CT molecular complexity index is 1400. The predicted octanol–water partition coefficient (Wildman–Crippen LogP) is 6.20. The van der Waals surface area contributed by atoms with Crippen LogP contribution in [0, 0.1) is 13.8 Å². The first-order valence-electron chi connectivity index (χ1n) is 11.3. The molecule has 0 fully saturated rings. The third-order valence-electron chi connectivity index (χ3n) is 5.75. The van der Waals surface area contributed by atoms with Crippen LogP contribution in [-0.2, 0) is 11.2 Å². The Labute approximate surface area is 208 Å². The second-order valence-electron chi connectivity index (χ2n) is 8.43. The number of fused-ring (bicyclic) bond motifs is 2. The standard InChI is InChI=1S/C28H25N3O3S/c1-17-8-11-19(12-9-17)26-30-27-21(15-20-14-18(2)10-13-23(20)34-27)28(31-26)35-16-25(32)29-22-6-4-5-7-24(22)33-3/h4-14H,15-16H2,1-3H3,(H,29,32). The van der Waals surface area contributed by atoms with E-state index in [9.17, 15) is 4.79 Å². The average Bonchev–Trinajstić information content (AvgIpc) is 2.87. The van der Waals surface area contributed by atoms with E-state index in [2.05, 4.69) is 18.3 Å². The van der Waals surface area contributed by atoms with Crippen molar-refractivity contribution in [3.05, 3.63) is 89.0 Å². The minimum absolute atomic E-state index is 0.142. The SMILES string of the molecule is COc1ccccc1NC(=O)CSc1nc(-c2ccc(C)cc2)nc2c1Cc1cc(C)ccc1O2. The highest BCUT2D eigenvalue weighted by Crippen LogP contribution is 2.40. The summed E-state index contributed by atoms with van der Waals surface area (Å²) in [7, 11) is 1.58. The molecule has 0 radical (unpaired) electrons. The van der Waals surface area contributed by atoms with E-state index in [1.807, 2.05) is 67.6 Å². The number of aromatic nitrogens is 2. The van der Waals surface area contributed by atoms with Crippen LogP contribution < -0.4 is 14.8 Å². The van der Waals surface area contributed by atoms with Gasteiger partial charge in [-0.15, -0.1) is 0 Å². The summed E-state index contributed by atoms with van der Waals surface area (Å²) in [5, 5.41) is 3.67. The Kier molecular flexibility index (Phi) is 6.42. The first-order chi connectivity index (χ1) is 17.0. The van der Waals surface area contributed by atoms with Crippen molar-refractivity contribution in [1.29, 1.82) is 0 Å². The molecule has 0 saturated carbocycles. The maximum atomic E-state index is 12.8. The Balaban J connectivity index is 1.45. The van der Waals surface area contributed by atoms with Crippen LogP contribution in [0.5, 0.6) is 17.4 Å². The van der Waals surface area contributed by atoms with E-state index in [1.54, 1.807) is 7.11 Å². The average molecular weight is 484 g/mol. The lowest BCUT2D eigenvalue weighted by molar-refractivity contribution is -0.113. The van der Waals surface area contributed by atoms with E-state index in [4.69, 9.17) is 19.4 Å². The second kappa shape index (κ2) is 9.80. The Morgan fingerprint density at radius 2 is 1.80 bits per heavy atom. The zero-order chi connectivity index (χ0) is 24.4. The smallest absolute Gasteiger partial charge is 0.234 e. The fraction of sp³-hybridized carbons (Fsp3) is 0.179. The van der Waals surface area contributed by atoms with Gasteiger partial charge >= 0.3 is 0 Å². The van der Waals surface area contributed by atoms with Crippen LogP contribution in [-0.4, -0.2) is 28.7 Å². The molecule has 35 heavy (non-hydrogen) atoms. The molecule has 0 bridgehead atoms. The van der Waals surface area contributed by atoms with Gasteiger partial charge in [-0.1, -0.05) is 71.4 Å². The summed E-state index contributed by atoms with van der Waals surface area (Å²) < 4.78 is 11.6. The predicted molar refractivity (Wildman–Crippen MR) is 139 cm³/mol. The maximum Gasteiger partial charge on any atom is 0.234 e. The van der Waals surface area contributed by atoms with E-state index >= 15 is 0 Å². The molecule has 1 aromatic heterocycles. The fourth-order valence-electron chi connectivity index (χ4n) is 3.94. The molecule has 0 unspecified atom stereocenters. The van der Waals surface area contributed by atoms with Crippen LogP contribution in [0.1, 0.15) is 22.3 Å². The van der Waals surface area contributed by atoms with Crippen molar-refractivity contribution in [3.63, 3.8) is 0 Å². The zero-order valence-corrected chi connectivity index (χ0v) is 20.6. The minimum Gasteiger partial charge on any atom is -0.495 e. The maximum absolute atomic E-state index is 12.8. The molecule has 0 spiro atoms. The van der Waals surface area contributed by atoms with Gasteiger partial charge in [0, 0.05) is 12.0 Å². The molecule has 5 rings (SSSR count). The summed E-state index contributed by atoms with van der Waals surface area (Å²) in [4.78, 5) is 22.4. The molecule has 3 aromatic carbocycles. The number of benzene rings is 3. The molecular weight excluding hydrogens is 458 g/mol. The summed E-state index contributed by atoms with van der Waals surface area (Å²) in [6.07, 6.45) is 0.650. The van der Waals surface area contributed by atoms with Crippen molar-refractivity contribution in [1.82, 2.24) is 9.97 Å². The molecule has 6 nitrogen and oxygen atoms in total. The first-order valence-corrected chi connectivity index (χ1v) is 12.3. The number of aryl methyl sites for hydroxylation is 2. The van der Waals surface area contributed by atoms with Crippen LogP contribution in [0.25, 0.3) is 11.4 Å². The van der Waals surface area contributed by atoms with E-state index in [0.29, 0.717) is 29.6 Å². The topological polar surface area (TPSA) is 73.3 Å². The Hall–Kier alpha value is -3.84. The number of thioether (sulfide) groups is 1. The lowest BCUT2D eigenvalue weighted by atomic mass is 10.0. The number of hydrogen-bond acceptors (Lipinski definition) is 6. The molecule has 176 valence electrons. The highest BCUT2D eigenvalue weighted by atomic mass is 32.2. The highest BCUT2D eigenvalue weighted by Gasteiger charge is 2.25. The van der Waals surface area contributed by atoms with Crippen molar-refractivity contribution < 1.29 is 14.3 Å². The van der Waals surface area contributed by atoms with E-state index in [-0.39, 0.29) is 11.7 Å². The normalized spacial score (nSPS) is 11.7. The van der Waals surface area contributed by atoms with Crippen LogP contribution in [0.4, 0.5) is 5.69 Å². The van der Waals surface area contributed by atoms with Gasteiger partial charge in [0.2, 0.25) is 11.8 Å². The third-order valence-corrected chi connectivity index (χ3v) is 6.77. The fourth-order valence-corrected chi connectivity index (χ4v) is 4.76. The molecule has 0 saturated heterocycles. The summed E-state index contributed by atoms with van der Waals surface area (Å²) in [6.45, 7) is 4.10. The van der Waals surface area contributed by atoms with E-state index in [1.165, 1.54) is 17.3 Å². The van der Waals surface area contributed by atoms with E-state index < -0.39 is 0 Å². The quantitative estimate of drug-likeness (QED) is 0.229. The van der Waals surface area contributed by atoms with Crippen LogP contribution in [0.15, 0.2) is 71.8 Å². The Morgan fingerprint density at radius 3 is 2.60 bits per heavy atom. The van der Waals surface area contributed by atoms with Crippen molar-refractivity contribution >= 4 is 23.4 Å². The van der Waals surface area contributed by atoms with Gasteiger partial charge in [-0.25, -0.2) is 4.98 Å². The van der Waals surface area contributed by atoms with Gasteiger partial charge in [-0.2, -0.15) is 4.98 Å². The van der Waals surface area contributed by atoms with Gasteiger partial charge in [0.1, 0.15) is 16.5 Å². The van der Waals surface area contributed by atoms with Crippen molar-refractivity contribution in [2.45, 2.75) is 25.3 Å². The van der Waals surface area contributed by atoms with Crippen LogP contribution >= 0.6 is 11.8 Å². The molecule has 4 aromatic rings. The van der Waals surface area contributed by atoms with Crippen LogP contribution in [0.2, 0.25) is 0 Å². The largest absolute Gasteiger partial charge is 0.495 e. The molecular formula is C28H25N3O3S. The molecule has 1 amide bonds. The highest BCUT2D eigenvalue weighted by molar-refractivity contribution is 8.00. The van der Waals surface area contributed by atoms with Crippen LogP contribution in [0.3, 0.4) is 0 Å². The summed E-state index contributed by atoms with van der Waals surface area (Å²) in [5.41, 5.74) is 5.85. The summed E-state index contributed by atoms with van der Waals surface area (Å²) in [6, 6.07) is 21.5. The number of rotatable bonds is 6. The van der Waals surface area contributed by atoms with Gasteiger partial charge in [0.05, 0.1) is 24.1 Å². The number of nitrogens with one attached hydrogen (secondary N) is 1. The number of carbonyl (C=O) groups excluding carboxylic acids is 1. The van der Waals surface area contributed by atoms with Gasteiger partial charge in [0.15, 0.2) is 5.82 Å². The third kappa shape index (κ3) is 5.00. The lowest BCUT2D eigenvalue weighted by Gasteiger charge is -2.22.